The van der Waals surface area contributed by atoms with E-state index in [1.54, 1.807) is 0 Å². The number of nitrogens with one attached hydrogen (secondary N) is 2. The normalized spacial score (nSPS) is 31.5. The summed E-state index contributed by atoms with van der Waals surface area (Å²) in [5.74, 6) is 0.215. The molecule has 2 amide bonds. The molecule has 4 atom stereocenters. The van der Waals surface area contributed by atoms with E-state index < -0.39 is 0 Å². The van der Waals surface area contributed by atoms with Crippen LogP contribution in [0.5, 0.6) is 0 Å². The monoisotopic (exact) mass is 376 g/mol. The summed E-state index contributed by atoms with van der Waals surface area (Å²) in [5, 5.41) is 5.89. The van der Waals surface area contributed by atoms with Crippen molar-refractivity contribution in [1.29, 1.82) is 0 Å². The first-order valence-electron chi connectivity index (χ1n) is 9.35. The van der Waals surface area contributed by atoms with Crippen molar-refractivity contribution in [3.63, 3.8) is 0 Å². The number of nitrogens with zero attached hydrogens (tertiary/aromatic N) is 2. The van der Waals surface area contributed by atoms with E-state index in [0.717, 1.165) is 37.8 Å². The van der Waals surface area contributed by atoms with Gasteiger partial charge >= 0.3 is 0 Å². The van der Waals surface area contributed by atoms with Crippen LogP contribution in [0, 0.1) is 5.92 Å². The minimum Gasteiger partial charge on any atom is -0.352 e. The van der Waals surface area contributed by atoms with Gasteiger partial charge in [0.25, 0.3) is 0 Å². The highest BCUT2D eigenvalue weighted by atomic mass is 35.5. The van der Waals surface area contributed by atoms with Crippen molar-refractivity contribution in [3.8, 4) is 0 Å². The van der Waals surface area contributed by atoms with Crippen molar-refractivity contribution in [3.05, 3.63) is 34.9 Å². The van der Waals surface area contributed by atoms with Crippen LogP contribution < -0.4 is 10.7 Å². The van der Waals surface area contributed by atoms with Crippen LogP contribution in [0.1, 0.15) is 31.2 Å². The van der Waals surface area contributed by atoms with E-state index in [9.17, 15) is 9.59 Å². The van der Waals surface area contributed by atoms with E-state index in [2.05, 4.69) is 15.8 Å². The van der Waals surface area contributed by atoms with Crippen molar-refractivity contribution in [1.82, 2.24) is 20.7 Å². The summed E-state index contributed by atoms with van der Waals surface area (Å²) in [6.45, 7) is 1.36. The fraction of sp³-hybridized carbons (Fsp3) is 0.579. The van der Waals surface area contributed by atoms with Gasteiger partial charge in [0.05, 0.1) is 0 Å². The molecule has 1 aromatic rings. The highest BCUT2D eigenvalue weighted by Gasteiger charge is 2.50. The van der Waals surface area contributed by atoms with Crippen LogP contribution in [0.15, 0.2) is 24.3 Å². The minimum absolute atomic E-state index is 0.0310. The number of amides is 2. The van der Waals surface area contributed by atoms with Crippen molar-refractivity contribution in [2.45, 2.75) is 50.4 Å². The molecule has 0 bridgehead atoms. The van der Waals surface area contributed by atoms with Gasteiger partial charge in [0, 0.05) is 43.2 Å². The average molecular weight is 377 g/mol. The molecule has 140 valence electrons. The lowest BCUT2D eigenvalue weighted by Gasteiger charge is -2.50. The van der Waals surface area contributed by atoms with Gasteiger partial charge in [0.2, 0.25) is 11.8 Å². The van der Waals surface area contributed by atoms with Gasteiger partial charge in [-0.2, -0.15) is 0 Å². The molecule has 2 N–H and O–H groups in total. The lowest BCUT2D eigenvalue weighted by atomic mass is 9.79. The quantitative estimate of drug-likeness (QED) is 0.840. The van der Waals surface area contributed by atoms with Crippen molar-refractivity contribution < 1.29 is 9.59 Å². The summed E-state index contributed by atoms with van der Waals surface area (Å²) in [6, 6.07) is 7.89. The summed E-state index contributed by atoms with van der Waals surface area (Å²) in [7, 11) is 1.89. The third-order valence-electron chi connectivity index (χ3n) is 6.07. The van der Waals surface area contributed by atoms with Gasteiger partial charge in [-0.1, -0.05) is 23.7 Å². The van der Waals surface area contributed by atoms with Crippen LogP contribution in [0.2, 0.25) is 5.02 Å². The van der Waals surface area contributed by atoms with Gasteiger partial charge in [0.15, 0.2) is 0 Å². The van der Waals surface area contributed by atoms with Crippen LogP contribution in [-0.2, 0) is 16.1 Å². The maximum Gasteiger partial charge on any atom is 0.241 e. The Balaban J connectivity index is 1.38. The molecule has 2 saturated heterocycles. The fourth-order valence-corrected chi connectivity index (χ4v) is 4.74. The predicted octanol–water partition coefficient (Wildman–Crippen LogP) is 1.54. The standard InChI is InChI=1S/C19H25ClN4O2/c1-23-17-10-13(18(25)21-11-12-2-5-14(20)6-3-12)4-7-15(17)24-16(19(23)26)8-9-22-24/h2-3,5-6,13,15-17,22H,4,7-11H2,1H3,(H,21,25). The van der Waals surface area contributed by atoms with Crippen molar-refractivity contribution >= 4 is 23.4 Å². The Morgan fingerprint density at radius 3 is 2.77 bits per heavy atom. The van der Waals surface area contributed by atoms with E-state index in [-0.39, 0.29) is 29.8 Å². The van der Waals surface area contributed by atoms with E-state index in [1.807, 2.05) is 36.2 Å². The average Bonchev–Trinajstić information content (AvgIpc) is 3.15. The molecule has 2 heterocycles. The number of likely N-dealkylation sites (N-methyl/N-ethyl adjacent to an activating group) is 1. The van der Waals surface area contributed by atoms with Crippen LogP contribution in [0.25, 0.3) is 0 Å². The lowest BCUT2D eigenvalue weighted by Crippen LogP contribution is -2.67. The number of fused-ring (bicyclic) bond motifs is 3. The van der Waals surface area contributed by atoms with Gasteiger partial charge in [0.1, 0.15) is 6.04 Å². The van der Waals surface area contributed by atoms with Gasteiger partial charge in [-0.05, 0) is 43.4 Å². The number of piperazine rings is 1. The Hall–Kier alpha value is -1.63. The number of carbonyl (C=O) groups excluding carboxylic acids is 2. The molecule has 6 nitrogen and oxygen atoms in total. The topological polar surface area (TPSA) is 64.7 Å². The summed E-state index contributed by atoms with van der Waals surface area (Å²) in [4.78, 5) is 27.2. The molecular formula is C19H25ClN4O2. The zero-order valence-corrected chi connectivity index (χ0v) is 15.7. The molecule has 3 aliphatic rings. The Kier molecular flexibility index (Phi) is 4.90. The van der Waals surface area contributed by atoms with Crippen molar-refractivity contribution in [2.24, 2.45) is 5.92 Å². The predicted molar refractivity (Wildman–Crippen MR) is 99.2 cm³/mol. The molecule has 0 spiro atoms. The largest absolute Gasteiger partial charge is 0.352 e. The zero-order chi connectivity index (χ0) is 18.3. The number of hydrazine groups is 1. The fourth-order valence-electron chi connectivity index (χ4n) is 4.61. The van der Waals surface area contributed by atoms with E-state index in [0.29, 0.717) is 17.6 Å². The highest BCUT2D eigenvalue weighted by molar-refractivity contribution is 6.30. The first-order chi connectivity index (χ1) is 12.5. The summed E-state index contributed by atoms with van der Waals surface area (Å²) < 4.78 is 0. The van der Waals surface area contributed by atoms with Crippen molar-refractivity contribution in [2.75, 3.05) is 13.6 Å². The Bertz CT molecular complexity index is 695. The van der Waals surface area contributed by atoms with Gasteiger partial charge in [-0.15, -0.1) is 0 Å². The first kappa shape index (κ1) is 17.8. The minimum atomic E-state index is -0.0436. The molecule has 1 saturated carbocycles. The summed E-state index contributed by atoms with van der Waals surface area (Å²) >= 11 is 5.90. The second-order valence-electron chi connectivity index (χ2n) is 7.56. The molecule has 2 aliphatic heterocycles. The summed E-state index contributed by atoms with van der Waals surface area (Å²) in [5.41, 5.74) is 4.41. The lowest BCUT2D eigenvalue weighted by molar-refractivity contribution is -0.153. The van der Waals surface area contributed by atoms with Gasteiger partial charge in [-0.25, -0.2) is 5.01 Å². The molecule has 1 aliphatic carbocycles. The molecule has 1 aromatic carbocycles. The van der Waals surface area contributed by atoms with Crippen LogP contribution in [-0.4, -0.2) is 53.4 Å². The maximum atomic E-state index is 12.7. The first-order valence-corrected chi connectivity index (χ1v) is 9.73. The van der Waals surface area contributed by atoms with E-state index >= 15 is 0 Å². The van der Waals surface area contributed by atoms with E-state index in [4.69, 9.17) is 11.6 Å². The molecule has 4 rings (SSSR count). The van der Waals surface area contributed by atoms with Crippen LogP contribution >= 0.6 is 11.6 Å². The SMILES string of the molecule is CN1C(=O)C2CCNN2C2CCC(C(=O)NCc3ccc(Cl)cc3)CC21. The smallest absolute Gasteiger partial charge is 0.241 e. The molecule has 7 heteroatoms. The molecule has 0 aromatic heterocycles. The number of rotatable bonds is 3. The second-order valence-corrected chi connectivity index (χ2v) is 7.99. The molecular weight excluding hydrogens is 352 g/mol. The Labute approximate surface area is 158 Å². The molecule has 3 fully saturated rings. The number of halogens is 1. The van der Waals surface area contributed by atoms with Crippen LogP contribution in [0.3, 0.4) is 0 Å². The molecule has 4 unspecified atom stereocenters. The number of hydrogen-bond acceptors (Lipinski definition) is 4. The Morgan fingerprint density at radius 2 is 2.00 bits per heavy atom. The van der Waals surface area contributed by atoms with Gasteiger partial charge < -0.3 is 10.2 Å². The van der Waals surface area contributed by atoms with E-state index in [1.165, 1.54) is 0 Å². The molecule has 26 heavy (non-hydrogen) atoms. The molecule has 0 radical (unpaired) electrons. The third-order valence-corrected chi connectivity index (χ3v) is 6.32. The highest BCUT2D eigenvalue weighted by Crippen LogP contribution is 2.36. The zero-order valence-electron chi connectivity index (χ0n) is 15.0. The number of benzene rings is 1. The maximum absolute atomic E-state index is 12.7. The summed E-state index contributed by atoms with van der Waals surface area (Å²) in [6.07, 6.45) is 3.40. The number of carbonyl (C=O) groups is 2. The van der Waals surface area contributed by atoms with Crippen LogP contribution in [0.4, 0.5) is 0 Å². The Morgan fingerprint density at radius 1 is 1.23 bits per heavy atom. The van der Waals surface area contributed by atoms with Gasteiger partial charge in [-0.3, -0.25) is 15.0 Å². The second kappa shape index (κ2) is 7.18. The number of hydrogen-bond donors (Lipinski definition) is 2. The third kappa shape index (κ3) is 3.21.